The predicted molar refractivity (Wildman–Crippen MR) is 134 cm³/mol. The molecule has 36 heavy (non-hydrogen) atoms. The van der Waals surface area contributed by atoms with Crippen molar-refractivity contribution >= 4 is 23.5 Å². The molecule has 2 aromatic heterocycles. The van der Waals surface area contributed by atoms with E-state index in [0.29, 0.717) is 36.5 Å². The van der Waals surface area contributed by atoms with Crippen molar-refractivity contribution in [2.24, 2.45) is 17.8 Å². The van der Waals surface area contributed by atoms with Gasteiger partial charge in [0.15, 0.2) is 0 Å². The third kappa shape index (κ3) is 4.19. The first-order valence-corrected chi connectivity index (χ1v) is 13.0. The highest BCUT2D eigenvalue weighted by atomic mass is 16.4. The first-order chi connectivity index (χ1) is 17.3. The Labute approximate surface area is 210 Å². The van der Waals surface area contributed by atoms with Crippen LogP contribution in [0.25, 0.3) is 0 Å². The lowest BCUT2D eigenvalue weighted by Crippen LogP contribution is -2.61. The highest BCUT2D eigenvalue weighted by Gasteiger charge is 2.55. The maximum atomic E-state index is 13.2. The monoisotopic (exact) mass is 491 g/mol. The molecule has 3 heterocycles. The van der Waals surface area contributed by atoms with Crippen LogP contribution < -0.4 is 15.1 Å². The van der Waals surface area contributed by atoms with E-state index in [4.69, 9.17) is 10.1 Å². The van der Waals surface area contributed by atoms with Gasteiger partial charge in [0, 0.05) is 37.9 Å². The Morgan fingerprint density at radius 3 is 2.47 bits per heavy atom. The minimum absolute atomic E-state index is 0.127. The van der Waals surface area contributed by atoms with Crippen LogP contribution in [0.15, 0.2) is 36.5 Å². The molecular formula is C27H33N5O4. The number of aliphatic hydroxyl groups is 1. The van der Waals surface area contributed by atoms with Crippen LogP contribution in [-0.4, -0.2) is 69.4 Å². The van der Waals surface area contributed by atoms with E-state index in [-0.39, 0.29) is 23.6 Å². The average molecular weight is 492 g/mol. The van der Waals surface area contributed by atoms with Gasteiger partial charge < -0.3 is 25.3 Å². The van der Waals surface area contributed by atoms with Crippen molar-refractivity contribution in [3.8, 4) is 0 Å². The predicted octanol–water partition coefficient (Wildman–Crippen LogP) is 2.56. The number of carbonyl (C=O) groups is 2. The second-order valence-electron chi connectivity index (χ2n) is 11.3. The van der Waals surface area contributed by atoms with Gasteiger partial charge in [-0.25, -0.2) is 14.8 Å². The fourth-order valence-electron chi connectivity index (χ4n) is 7.36. The first kappa shape index (κ1) is 23.2. The molecule has 0 spiro atoms. The minimum Gasteiger partial charge on any atom is -0.478 e. The molecule has 4 aliphatic carbocycles. The Morgan fingerprint density at radius 1 is 1.06 bits per heavy atom. The lowest BCUT2D eigenvalue weighted by molar-refractivity contribution is -0.136. The Kier molecular flexibility index (Phi) is 5.63. The number of carboxylic acids is 1. The standard InChI is InChI=1S/C27H33N5O4/c1-16-15-31(22-6-5-18(14-28-22)26(34)35)7-8-32(16)23-4-2-3-21(29-23)25(33)30-24-19-9-17-10-20(24)13-27(36,11-17)12-19/h2-6,14,16-17,19-20,24,36H,7-13,15H2,1H3,(H,30,33)(H,34,35)/t16-,17?,19?,20?,24?,27?/m1/s1. The van der Waals surface area contributed by atoms with Gasteiger partial charge in [0.2, 0.25) is 0 Å². The van der Waals surface area contributed by atoms with Crippen molar-refractivity contribution in [1.29, 1.82) is 0 Å². The molecule has 1 aliphatic heterocycles. The van der Waals surface area contributed by atoms with E-state index < -0.39 is 11.6 Å². The van der Waals surface area contributed by atoms with Crippen LogP contribution in [0.1, 0.15) is 59.9 Å². The van der Waals surface area contributed by atoms with Crippen molar-refractivity contribution in [2.45, 2.75) is 56.7 Å². The number of aromatic nitrogens is 2. The van der Waals surface area contributed by atoms with Crippen molar-refractivity contribution in [3.63, 3.8) is 0 Å². The Bertz CT molecular complexity index is 1160. The van der Waals surface area contributed by atoms with Crippen LogP contribution in [0.4, 0.5) is 11.6 Å². The van der Waals surface area contributed by atoms with Gasteiger partial charge in [-0.15, -0.1) is 0 Å². The van der Waals surface area contributed by atoms with E-state index in [1.54, 1.807) is 18.2 Å². The zero-order valence-corrected chi connectivity index (χ0v) is 20.5. The normalized spacial score (nSPS) is 33.0. The lowest BCUT2D eigenvalue weighted by atomic mass is 9.52. The number of anilines is 2. The number of carbonyl (C=O) groups excluding carboxylic acids is 1. The molecule has 2 unspecified atom stereocenters. The number of piperazine rings is 1. The van der Waals surface area contributed by atoms with Crippen molar-refractivity contribution in [2.75, 3.05) is 29.4 Å². The first-order valence-electron chi connectivity index (χ1n) is 13.0. The number of carboxylic acid groups (broad SMARTS) is 1. The maximum Gasteiger partial charge on any atom is 0.337 e. The summed E-state index contributed by atoms with van der Waals surface area (Å²) in [6.07, 6.45) is 6.13. The van der Waals surface area contributed by atoms with Crippen LogP contribution >= 0.6 is 0 Å². The van der Waals surface area contributed by atoms with E-state index in [1.807, 2.05) is 12.1 Å². The van der Waals surface area contributed by atoms with Crippen LogP contribution in [0, 0.1) is 17.8 Å². The summed E-state index contributed by atoms with van der Waals surface area (Å²) in [7, 11) is 0. The number of rotatable bonds is 5. The number of hydrogen-bond donors (Lipinski definition) is 3. The van der Waals surface area contributed by atoms with Gasteiger partial charge in [-0.2, -0.15) is 0 Å². The highest BCUT2D eigenvalue weighted by molar-refractivity contribution is 5.93. The van der Waals surface area contributed by atoms with Gasteiger partial charge in [-0.1, -0.05) is 6.07 Å². The van der Waals surface area contributed by atoms with Crippen LogP contribution in [0.5, 0.6) is 0 Å². The second kappa shape index (κ2) is 8.73. The summed E-state index contributed by atoms with van der Waals surface area (Å²) >= 11 is 0. The summed E-state index contributed by atoms with van der Waals surface area (Å²) in [5, 5.41) is 23.2. The second-order valence-corrected chi connectivity index (χ2v) is 11.3. The molecule has 190 valence electrons. The van der Waals surface area contributed by atoms with Gasteiger partial charge in [-0.05, 0) is 81.0 Å². The van der Waals surface area contributed by atoms with Crippen LogP contribution in [0.3, 0.4) is 0 Å². The van der Waals surface area contributed by atoms with E-state index in [2.05, 4.69) is 27.0 Å². The van der Waals surface area contributed by atoms with E-state index in [1.165, 1.54) is 6.20 Å². The van der Waals surface area contributed by atoms with Crippen molar-refractivity contribution in [3.05, 3.63) is 47.8 Å². The molecule has 3 N–H and O–H groups in total. The third-order valence-electron chi connectivity index (χ3n) is 8.75. The minimum atomic E-state index is -0.983. The van der Waals surface area contributed by atoms with Crippen LogP contribution in [-0.2, 0) is 0 Å². The molecule has 9 nitrogen and oxygen atoms in total. The molecule has 5 fully saturated rings. The molecule has 0 aromatic carbocycles. The SMILES string of the molecule is C[C@@H]1CN(c2ccc(C(=O)O)cn2)CCN1c1cccc(C(=O)NC2C3CC4CC2CC(O)(C4)C3)n1. The number of pyridine rings is 2. The molecule has 0 radical (unpaired) electrons. The topological polar surface area (TPSA) is 119 Å². The summed E-state index contributed by atoms with van der Waals surface area (Å²) in [4.78, 5) is 37.7. The Hall–Kier alpha value is -3.20. The molecule has 9 heteroatoms. The molecule has 7 rings (SSSR count). The van der Waals surface area contributed by atoms with Gasteiger partial charge in [-0.3, -0.25) is 4.79 Å². The molecule has 2 aromatic rings. The van der Waals surface area contributed by atoms with E-state index >= 15 is 0 Å². The molecule has 1 amide bonds. The summed E-state index contributed by atoms with van der Waals surface area (Å²) < 4.78 is 0. The van der Waals surface area contributed by atoms with Gasteiger partial charge in [0.1, 0.15) is 17.3 Å². The fraction of sp³-hybridized carbons (Fsp3) is 0.556. The summed E-state index contributed by atoms with van der Waals surface area (Å²) in [5.74, 6) is 1.75. The van der Waals surface area contributed by atoms with Gasteiger partial charge in [0.05, 0.1) is 11.2 Å². The third-order valence-corrected chi connectivity index (χ3v) is 8.75. The zero-order chi connectivity index (χ0) is 25.0. The average Bonchev–Trinajstić information content (AvgIpc) is 2.85. The molecular weight excluding hydrogens is 458 g/mol. The Balaban J connectivity index is 1.11. The lowest BCUT2D eigenvalue weighted by Gasteiger charge is -2.58. The molecule has 3 atom stereocenters. The molecule has 4 saturated carbocycles. The highest BCUT2D eigenvalue weighted by Crippen LogP contribution is 2.55. The number of hydrogen-bond acceptors (Lipinski definition) is 7. The van der Waals surface area contributed by atoms with Crippen LogP contribution in [0.2, 0.25) is 0 Å². The number of aromatic carboxylic acids is 1. The van der Waals surface area contributed by atoms with E-state index in [9.17, 15) is 14.7 Å². The van der Waals surface area contributed by atoms with Crippen molar-refractivity contribution in [1.82, 2.24) is 15.3 Å². The number of nitrogens with one attached hydrogen (secondary N) is 1. The van der Waals surface area contributed by atoms with Crippen molar-refractivity contribution < 1.29 is 19.8 Å². The Morgan fingerprint density at radius 2 is 1.83 bits per heavy atom. The van der Waals surface area contributed by atoms with Gasteiger partial charge in [0.25, 0.3) is 5.91 Å². The fourth-order valence-corrected chi connectivity index (χ4v) is 7.36. The smallest absolute Gasteiger partial charge is 0.337 e. The summed E-state index contributed by atoms with van der Waals surface area (Å²) in [6.45, 7) is 4.27. The molecule has 1 saturated heterocycles. The number of nitrogens with zero attached hydrogens (tertiary/aromatic N) is 4. The summed E-state index contributed by atoms with van der Waals surface area (Å²) in [5.41, 5.74) is 0.0944. The quantitative estimate of drug-likeness (QED) is 0.584. The zero-order valence-electron chi connectivity index (χ0n) is 20.5. The largest absolute Gasteiger partial charge is 0.478 e. The molecule has 4 bridgehead atoms. The maximum absolute atomic E-state index is 13.2. The van der Waals surface area contributed by atoms with E-state index in [0.717, 1.165) is 50.3 Å². The number of amides is 1. The van der Waals surface area contributed by atoms with Gasteiger partial charge >= 0.3 is 5.97 Å². The summed E-state index contributed by atoms with van der Waals surface area (Å²) in [6, 6.07) is 9.20. The molecule has 5 aliphatic rings.